The molecular formula is C27H26I3N. The van der Waals surface area contributed by atoms with Crippen LogP contribution in [0, 0.1) is 0 Å². The number of rotatable bonds is 7. The molecule has 0 atom stereocenters. The third-order valence-corrected chi connectivity index (χ3v) is 7.28. The summed E-state index contributed by atoms with van der Waals surface area (Å²) < 4.78 is -0.00909. The Balaban J connectivity index is 1.99. The van der Waals surface area contributed by atoms with E-state index in [0.717, 1.165) is 6.42 Å². The minimum Gasteiger partial charge on any atom is -0.344 e. The fourth-order valence-corrected chi connectivity index (χ4v) is 4.31. The molecule has 31 heavy (non-hydrogen) atoms. The van der Waals surface area contributed by atoms with Crippen LogP contribution in [-0.2, 0) is 0 Å². The number of halogens is 3. The highest BCUT2D eigenvalue weighted by Gasteiger charge is 2.24. The Morgan fingerprint density at radius 1 is 0.839 bits per heavy atom. The van der Waals surface area contributed by atoms with Gasteiger partial charge in [0.2, 0.25) is 0 Å². The molecule has 0 radical (unpaired) electrons. The Hall–Kier alpha value is -0.870. The first-order chi connectivity index (χ1) is 14.8. The van der Waals surface area contributed by atoms with Crippen molar-refractivity contribution in [3.63, 3.8) is 0 Å². The van der Waals surface area contributed by atoms with E-state index in [1.807, 2.05) is 0 Å². The molecule has 0 bridgehead atoms. The molecule has 3 aromatic rings. The van der Waals surface area contributed by atoms with E-state index in [-0.39, 0.29) is -0.441 Å². The fourth-order valence-electron chi connectivity index (χ4n) is 3.48. The number of anilines is 1. The molecule has 3 aromatic carbocycles. The van der Waals surface area contributed by atoms with E-state index in [2.05, 4.69) is 185 Å². The maximum absolute atomic E-state index is 2.46. The van der Waals surface area contributed by atoms with Crippen LogP contribution < -0.4 is 4.90 Å². The maximum atomic E-state index is 2.46. The summed E-state index contributed by atoms with van der Waals surface area (Å²) in [6.07, 6.45) is 7.60. The Morgan fingerprint density at radius 2 is 1.39 bits per heavy atom. The number of hydrogen-bond donors (Lipinski definition) is 0. The first-order valence-corrected chi connectivity index (χ1v) is 13.5. The van der Waals surface area contributed by atoms with Crippen molar-refractivity contribution in [3.8, 4) is 22.3 Å². The summed E-state index contributed by atoms with van der Waals surface area (Å²) >= 11 is 7.37. The predicted molar refractivity (Wildman–Crippen MR) is 164 cm³/mol. The molecule has 0 aliphatic rings. The first-order valence-electron chi connectivity index (χ1n) is 10.3. The summed E-state index contributed by atoms with van der Waals surface area (Å²) in [5.74, 6) is 0. The molecule has 0 amide bonds. The van der Waals surface area contributed by atoms with Gasteiger partial charge in [-0.1, -0.05) is 73.7 Å². The van der Waals surface area contributed by atoms with Crippen LogP contribution in [0.1, 0.15) is 25.8 Å². The van der Waals surface area contributed by atoms with E-state index < -0.39 is 0 Å². The van der Waals surface area contributed by atoms with Gasteiger partial charge in [-0.3, -0.25) is 0 Å². The zero-order valence-corrected chi connectivity index (χ0v) is 24.4. The average molecular weight is 745 g/mol. The highest BCUT2D eigenvalue weighted by atomic mass is 127. The molecule has 0 aliphatic heterocycles. The third-order valence-electron chi connectivity index (χ3n) is 5.11. The highest BCUT2D eigenvalue weighted by Crippen LogP contribution is 2.41. The lowest BCUT2D eigenvalue weighted by Crippen LogP contribution is -2.28. The summed E-state index contributed by atoms with van der Waals surface area (Å²) in [5.41, 5.74) is 8.69. The van der Waals surface area contributed by atoms with Gasteiger partial charge in [-0.05, 0) is 139 Å². The lowest BCUT2D eigenvalue weighted by atomic mass is 9.95. The van der Waals surface area contributed by atoms with E-state index in [9.17, 15) is 0 Å². The fraction of sp³-hybridized carbons (Fsp3) is 0.185. The van der Waals surface area contributed by atoms with Crippen molar-refractivity contribution in [1.82, 2.24) is 0 Å². The molecule has 0 saturated carbocycles. The molecular weight excluding hydrogens is 719 g/mol. The molecule has 160 valence electrons. The Bertz CT molecular complexity index is 1090. The molecule has 1 nitrogen and oxygen atoms in total. The molecule has 0 aromatic heterocycles. The van der Waals surface area contributed by atoms with Crippen LogP contribution in [0.2, 0.25) is 0 Å². The monoisotopic (exact) mass is 745 g/mol. The van der Waals surface area contributed by atoms with Gasteiger partial charge in [-0.15, -0.1) is 0 Å². The minimum absolute atomic E-state index is 0.00909. The zero-order valence-electron chi connectivity index (χ0n) is 17.9. The van der Waals surface area contributed by atoms with Gasteiger partial charge in [0.25, 0.3) is 0 Å². The molecule has 0 fully saturated rings. The first kappa shape index (κ1) is 24.8. The van der Waals surface area contributed by atoms with Crippen molar-refractivity contribution in [2.45, 2.75) is 19.8 Å². The van der Waals surface area contributed by atoms with Crippen LogP contribution in [0.15, 0.2) is 91.0 Å². The lowest BCUT2D eigenvalue weighted by Gasteiger charge is -2.29. The summed E-state index contributed by atoms with van der Waals surface area (Å²) in [6, 6.07) is 26.5. The van der Waals surface area contributed by atoms with Crippen LogP contribution in [0.5, 0.6) is 0 Å². The molecule has 0 N–H and O–H groups in total. The van der Waals surface area contributed by atoms with Crippen LogP contribution >= 0.6 is 67.8 Å². The summed E-state index contributed by atoms with van der Waals surface area (Å²) in [5, 5.41) is 0. The Kier molecular flexibility index (Phi) is 9.04. The van der Waals surface area contributed by atoms with Gasteiger partial charge in [0, 0.05) is 12.7 Å². The van der Waals surface area contributed by atoms with E-state index in [4.69, 9.17) is 0 Å². The van der Waals surface area contributed by atoms with Gasteiger partial charge in [0.05, 0.1) is 0 Å². The van der Waals surface area contributed by atoms with Crippen molar-refractivity contribution in [1.29, 1.82) is 0 Å². The van der Waals surface area contributed by atoms with Gasteiger partial charge in [-0.25, -0.2) is 0 Å². The SMILES string of the molecule is C/C=C\C(=C/CC)c1cccc(-c2cccc(-c3cccc(N(C)C(I)(I)I)c3)c2)c1. The van der Waals surface area contributed by atoms with Crippen LogP contribution in [0.4, 0.5) is 5.69 Å². The van der Waals surface area contributed by atoms with Gasteiger partial charge in [-0.2, -0.15) is 0 Å². The zero-order chi connectivity index (χ0) is 22.4. The quantitative estimate of drug-likeness (QED) is 0.101. The van der Waals surface area contributed by atoms with Gasteiger partial charge >= 0.3 is 0 Å². The molecule has 0 heterocycles. The summed E-state index contributed by atoms with van der Waals surface area (Å²) in [7, 11) is 2.14. The number of allylic oxidation sites excluding steroid dienone is 4. The smallest absolute Gasteiger partial charge is 0.194 e. The number of nitrogens with zero attached hydrogens (tertiary/aromatic N) is 1. The second-order valence-corrected chi connectivity index (χ2v) is 18.2. The number of benzene rings is 3. The Morgan fingerprint density at radius 3 is 1.97 bits per heavy atom. The summed E-state index contributed by atoms with van der Waals surface area (Å²) in [6.45, 7) is 4.25. The normalized spacial score (nSPS) is 12.4. The van der Waals surface area contributed by atoms with Gasteiger partial charge < -0.3 is 4.90 Å². The van der Waals surface area contributed by atoms with Crippen LogP contribution in [0.3, 0.4) is 0 Å². The van der Waals surface area contributed by atoms with Crippen LogP contribution in [0.25, 0.3) is 27.8 Å². The van der Waals surface area contributed by atoms with Crippen molar-refractivity contribution in [3.05, 3.63) is 96.6 Å². The molecule has 4 heteroatoms. The number of alkyl halides is 3. The largest absolute Gasteiger partial charge is 0.344 e. The van der Waals surface area contributed by atoms with Crippen molar-refractivity contribution >= 4 is 79.0 Å². The molecule has 3 rings (SSSR count). The van der Waals surface area contributed by atoms with Crippen molar-refractivity contribution in [2.24, 2.45) is 0 Å². The Labute approximate surface area is 227 Å². The summed E-state index contributed by atoms with van der Waals surface area (Å²) in [4.78, 5) is 2.29. The average Bonchev–Trinajstić information content (AvgIpc) is 2.78. The standard InChI is InChI=1S/C27H26I3N/c1-4-9-20(10-5-2)21-11-6-12-22(17-21)23-13-7-14-24(18-23)25-15-8-16-26(19-25)31(3)27(28,29)30/h4,6-19H,5H2,1-3H3/b9-4-,20-10+. The van der Waals surface area contributed by atoms with Gasteiger partial charge in [0.1, 0.15) is 0 Å². The second-order valence-electron chi connectivity index (χ2n) is 7.31. The van der Waals surface area contributed by atoms with E-state index in [1.165, 1.54) is 39.1 Å². The highest BCUT2D eigenvalue weighted by molar-refractivity contribution is 14.3. The van der Waals surface area contributed by atoms with E-state index in [0.29, 0.717) is 0 Å². The van der Waals surface area contributed by atoms with E-state index in [1.54, 1.807) is 0 Å². The maximum Gasteiger partial charge on any atom is 0.194 e. The molecule has 0 aliphatic carbocycles. The molecule has 0 unspecified atom stereocenters. The third kappa shape index (κ3) is 6.57. The number of hydrogen-bond acceptors (Lipinski definition) is 1. The van der Waals surface area contributed by atoms with Crippen molar-refractivity contribution in [2.75, 3.05) is 11.9 Å². The van der Waals surface area contributed by atoms with E-state index >= 15 is 0 Å². The molecule has 0 saturated heterocycles. The molecule has 0 spiro atoms. The van der Waals surface area contributed by atoms with Crippen molar-refractivity contribution < 1.29 is 0 Å². The lowest BCUT2D eigenvalue weighted by molar-refractivity contribution is 1.08. The second kappa shape index (κ2) is 11.3. The van der Waals surface area contributed by atoms with Crippen LogP contribution in [-0.4, -0.2) is 6.61 Å². The van der Waals surface area contributed by atoms with Gasteiger partial charge in [0.15, 0.2) is -0.441 Å². The predicted octanol–water partition coefficient (Wildman–Crippen LogP) is 9.74. The minimum atomic E-state index is -0.00909. The topological polar surface area (TPSA) is 3.24 Å².